The Morgan fingerprint density at radius 2 is 1.70 bits per heavy atom. The summed E-state index contributed by atoms with van der Waals surface area (Å²) in [5.74, 6) is -0.0121. The molecule has 1 saturated heterocycles. The van der Waals surface area contributed by atoms with Crippen LogP contribution in [0, 0.1) is 0 Å². The summed E-state index contributed by atoms with van der Waals surface area (Å²) in [6.45, 7) is 4.94. The van der Waals surface area contributed by atoms with Crippen LogP contribution in [0.4, 0.5) is 0 Å². The molecule has 2 aliphatic rings. The van der Waals surface area contributed by atoms with Crippen molar-refractivity contribution in [2.24, 2.45) is 5.73 Å². The van der Waals surface area contributed by atoms with E-state index >= 15 is 0 Å². The average molecular weight is 304 g/mol. The van der Waals surface area contributed by atoms with Gasteiger partial charge in [0.25, 0.3) is 0 Å². The number of nitrogens with two attached hydrogens (primary N) is 1. The first kappa shape index (κ1) is 17.7. The predicted molar refractivity (Wildman–Crippen MR) is 85.1 cm³/mol. The third-order valence-electron chi connectivity index (χ3n) is 4.82. The highest BCUT2D eigenvalue weighted by atomic mass is 35.5. The summed E-state index contributed by atoms with van der Waals surface area (Å²) in [7, 11) is 0. The zero-order valence-electron chi connectivity index (χ0n) is 12.7. The van der Waals surface area contributed by atoms with Crippen molar-refractivity contribution in [3.63, 3.8) is 0 Å². The molecule has 0 spiro atoms. The summed E-state index contributed by atoms with van der Waals surface area (Å²) in [4.78, 5) is 14.4. The number of nitrogens with zero attached hydrogens (tertiary/aromatic N) is 1. The Morgan fingerprint density at radius 3 is 2.25 bits per heavy atom. The van der Waals surface area contributed by atoms with Gasteiger partial charge in [-0.1, -0.05) is 25.7 Å². The molecule has 20 heavy (non-hydrogen) atoms. The number of rotatable bonds is 4. The Hall–Kier alpha value is -0.320. The molecule has 3 N–H and O–H groups in total. The van der Waals surface area contributed by atoms with E-state index in [1.807, 2.05) is 0 Å². The van der Waals surface area contributed by atoms with Crippen LogP contribution >= 0.6 is 12.4 Å². The van der Waals surface area contributed by atoms with Gasteiger partial charge in [-0.05, 0) is 45.7 Å². The van der Waals surface area contributed by atoms with Crippen LogP contribution < -0.4 is 11.1 Å². The molecule has 1 aliphatic heterocycles. The second-order valence-electron chi connectivity index (χ2n) is 6.34. The normalized spacial score (nSPS) is 24.5. The first-order chi connectivity index (χ1) is 9.14. The lowest BCUT2D eigenvalue weighted by molar-refractivity contribution is -0.123. The molecular formula is C15H30ClN3O. The Kier molecular flexibility index (Phi) is 7.27. The smallest absolute Gasteiger partial charge is 0.236 e. The van der Waals surface area contributed by atoms with E-state index in [-0.39, 0.29) is 23.9 Å². The monoisotopic (exact) mass is 303 g/mol. The molecule has 0 aromatic rings. The lowest BCUT2D eigenvalue weighted by Crippen LogP contribution is -2.59. The lowest BCUT2D eigenvalue weighted by atomic mass is 9.79. The fourth-order valence-corrected chi connectivity index (χ4v) is 3.60. The van der Waals surface area contributed by atoms with Gasteiger partial charge < -0.3 is 11.1 Å². The van der Waals surface area contributed by atoms with Gasteiger partial charge in [-0.3, -0.25) is 9.69 Å². The van der Waals surface area contributed by atoms with Crippen LogP contribution in [0.2, 0.25) is 0 Å². The molecule has 1 atom stereocenters. The van der Waals surface area contributed by atoms with Crippen LogP contribution in [0.25, 0.3) is 0 Å². The fourth-order valence-electron chi connectivity index (χ4n) is 3.60. The molecule has 1 amide bonds. The first-order valence-electron chi connectivity index (χ1n) is 7.92. The van der Waals surface area contributed by atoms with Crippen LogP contribution in [-0.2, 0) is 4.79 Å². The molecule has 0 aromatic heterocycles. The van der Waals surface area contributed by atoms with Gasteiger partial charge in [0.2, 0.25) is 5.91 Å². The van der Waals surface area contributed by atoms with Crippen LogP contribution in [-0.4, -0.2) is 42.0 Å². The Morgan fingerprint density at radius 1 is 1.15 bits per heavy atom. The summed E-state index contributed by atoms with van der Waals surface area (Å²) in [6, 6.07) is -0.401. The minimum Gasteiger partial charge on any atom is -0.353 e. The zero-order valence-corrected chi connectivity index (χ0v) is 13.5. The van der Waals surface area contributed by atoms with E-state index in [1.165, 1.54) is 64.5 Å². The van der Waals surface area contributed by atoms with Gasteiger partial charge in [-0.15, -0.1) is 12.4 Å². The topological polar surface area (TPSA) is 58.4 Å². The minimum atomic E-state index is -0.401. The Labute approximate surface area is 129 Å². The zero-order chi connectivity index (χ0) is 13.7. The second-order valence-corrected chi connectivity index (χ2v) is 6.34. The van der Waals surface area contributed by atoms with Crippen molar-refractivity contribution in [1.82, 2.24) is 10.2 Å². The number of piperidine rings is 1. The molecule has 2 rings (SSSR count). The predicted octanol–water partition coefficient (Wildman–Crippen LogP) is 2.06. The lowest BCUT2D eigenvalue weighted by Gasteiger charge is -2.48. The summed E-state index contributed by atoms with van der Waals surface area (Å²) in [6.07, 6.45) is 10.4. The van der Waals surface area contributed by atoms with Crippen molar-refractivity contribution in [1.29, 1.82) is 0 Å². The maximum absolute atomic E-state index is 11.8. The minimum absolute atomic E-state index is 0. The average Bonchev–Trinajstić information content (AvgIpc) is 2.46. The number of halogens is 1. The largest absolute Gasteiger partial charge is 0.353 e. The van der Waals surface area contributed by atoms with Crippen LogP contribution in [0.15, 0.2) is 0 Å². The van der Waals surface area contributed by atoms with E-state index in [4.69, 9.17) is 5.73 Å². The van der Waals surface area contributed by atoms with Crippen molar-refractivity contribution >= 4 is 18.3 Å². The molecule has 1 aliphatic carbocycles. The summed E-state index contributed by atoms with van der Waals surface area (Å²) < 4.78 is 0. The molecule has 1 saturated carbocycles. The third-order valence-corrected chi connectivity index (χ3v) is 4.82. The Bertz CT molecular complexity index is 297. The van der Waals surface area contributed by atoms with Gasteiger partial charge in [0, 0.05) is 12.1 Å². The van der Waals surface area contributed by atoms with Gasteiger partial charge in [-0.2, -0.15) is 0 Å². The van der Waals surface area contributed by atoms with Gasteiger partial charge in [-0.25, -0.2) is 0 Å². The van der Waals surface area contributed by atoms with E-state index in [2.05, 4.69) is 10.2 Å². The number of hydrogen-bond donors (Lipinski definition) is 2. The van der Waals surface area contributed by atoms with Gasteiger partial charge in [0.05, 0.1) is 6.04 Å². The molecule has 0 radical (unpaired) electrons. The van der Waals surface area contributed by atoms with Crippen molar-refractivity contribution in [2.75, 3.05) is 19.6 Å². The number of carbonyl (C=O) groups is 1. The molecule has 1 unspecified atom stereocenters. The molecule has 5 heteroatoms. The Balaban J connectivity index is 0.00000200. The maximum Gasteiger partial charge on any atom is 0.236 e. The van der Waals surface area contributed by atoms with E-state index < -0.39 is 6.04 Å². The maximum atomic E-state index is 11.8. The van der Waals surface area contributed by atoms with Crippen molar-refractivity contribution in [3.8, 4) is 0 Å². The number of likely N-dealkylation sites (tertiary alicyclic amines) is 1. The highest BCUT2D eigenvalue weighted by molar-refractivity contribution is 5.85. The molecule has 1 heterocycles. The fraction of sp³-hybridized carbons (Fsp3) is 0.933. The summed E-state index contributed by atoms with van der Waals surface area (Å²) >= 11 is 0. The van der Waals surface area contributed by atoms with Crippen molar-refractivity contribution < 1.29 is 4.79 Å². The van der Waals surface area contributed by atoms with Crippen molar-refractivity contribution in [2.45, 2.75) is 69.9 Å². The van der Waals surface area contributed by atoms with E-state index in [0.717, 1.165) is 6.54 Å². The molecule has 4 nitrogen and oxygen atoms in total. The highest BCUT2D eigenvalue weighted by Crippen LogP contribution is 2.35. The molecule has 118 valence electrons. The van der Waals surface area contributed by atoms with Gasteiger partial charge in [0.15, 0.2) is 0 Å². The molecular weight excluding hydrogens is 274 g/mol. The van der Waals surface area contributed by atoms with E-state index in [9.17, 15) is 4.79 Å². The number of carbonyl (C=O) groups excluding carboxylic acids is 1. The van der Waals surface area contributed by atoms with E-state index in [1.54, 1.807) is 6.92 Å². The first-order valence-corrected chi connectivity index (χ1v) is 7.92. The van der Waals surface area contributed by atoms with Crippen LogP contribution in [0.5, 0.6) is 0 Å². The highest BCUT2D eigenvalue weighted by Gasteiger charge is 2.38. The molecule has 0 bridgehead atoms. The summed E-state index contributed by atoms with van der Waals surface area (Å²) in [5.41, 5.74) is 5.86. The molecule has 0 aromatic carbocycles. The molecule has 2 fully saturated rings. The number of amides is 1. The number of nitrogens with one attached hydrogen (secondary N) is 1. The third kappa shape index (κ3) is 4.34. The van der Waals surface area contributed by atoms with Gasteiger partial charge in [0.1, 0.15) is 0 Å². The van der Waals surface area contributed by atoms with Crippen molar-refractivity contribution in [3.05, 3.63) is 0 Å². The number of hydrogen-bond acceptors (Lipinski definition) is 3. The second kappa shape index (κ2) is 8.20. The van der Waals surface area contributed by atoms with Crippen LogP contribution in [0.1, 0.15) is 58.3 Å². The van der Waals surface area contributed by atoms with Gasteiger partial charge >= 0.3 is 0 Å². The standard InChI is InChI=1S/C15H29N3O.ClH/c1-13(16)14(19)17-12-15(8-4-2-5-9-15)18-10-6-3-7-11-18;/h13H,2-12,16H2,1H3,(H,17,19);1H. The van der Waals surface area contributed by atoms with E-state index in [0.29, 0.717) is 0 Å². The van der Waals surface area contributed by atoms with Crippen LogP contribution in [0.3, 0.4) is 0 Å². The SMILES string of the molecule is CC(N)C(=O)NCC1(N2CCCCC2)CCCCC1.Cl. The quantitative estimate of drug-likeness (QED) is 0.836. The summed E-state index contributed by atoms with van der Waals surface area (Å²) in [5, 5.41) is 3.08.